The molecule has 1 saturated heterocycles. The fraction of sp³-hybridized carbons (Fsp3) is 0.500. The molecule has 0 radical (unpaired) electrons. The molecule has 0 spiro atoms. The maximum absolute atomic E-state index is 9.43. The normalized spacial score (nSPS) is 19.6. The molecule has 0 amide bonds. The summed E-state index contributed by atoms with van der Waals surface area (Å²) >= 11 is 3.31. The van der Waals surface area contributed by atoms with Crippen molar-refractivity contribution >= 4 is 15.9 Å². The predicted octanol–water partition coefficient (Wildman–Crippen LogP) is 2.58. The molecule has 1 atom stereocenters. The smallest absolute Gasteiger partial charge is 0.129 e. The summed E-state index contributed by atoms with van der Waals surface area (Å²) in [6, 6.07) is 5.50. The van der Waals surface area contributed by atoms with Gasteiger partial charge in [0.2, 0.25) is 0 Å². The highest BCUT2D eigenvalue weighted by Gasteiger charge is 2.22. The Morgan fingerprint density at radius 3 is 2.69 bits per heavy atom. The van der Waals surface area contributed by atoms with E-state index in [1.165, 1.54) is 0 Å². The largest absolute Gasteiger partial charge is 0.507 e. The number of benzene rings is 1. The summed E-state index contributed by atoms with van der Waals surface area (Å²) in [5, 5.41) is 9.43. The number of halogens is 1. The lowest BCUT2D eigenvalue weighted by atomic mass is 9.88. The molecule has 0 unspecified atom stereocenters. The van der Waals surface area contributed by atoms with Crippen LogP contribution in [0.2, 0.25) is 0 Å². The molecule has 1 heterocycles. The van der Waals surface area contributed by atoms with Crippen LogP contribution < -0.4 is 5.73 Å². The maximum atomic E-state index is 9.43. The lowest BCUT2D eigenvalue weighted by Crippen LogP contribution is -2.27. The number of rotatable bonds is 2. The quantitative estimate of drug-likeness (QED) is 0.878. The molecule has 2 rings (SSSR count). The van der Waals surface area contributed by atoms with Crippen LogP contribution in [-0.2, 0) is 4.74 Å². The minimum absolute atomic E-state index is 0.0285. The molecule has 0 saturated carbocycles. The fourth-order valence-electron chi connectivity index (χ4n) is 2.08. The van der Waals surface area contributed by atoms with Crippen LogP contribution in [0.1, 0.15) is 24.4 Å². The Morgan fingerprint density at radius 1 is 1.38 bits per heavy atom. The second kappa shape index (κ2) is 5.17. The van der Waals surface area contributed by atoms with Gasteiger partial charge < -0.3 is 15.6 Å². The first-order valence-electron chi connectivity index (χ1n) is 5.50. The first kappa shape index (κ1) is 11.9. The first-order chi connectivity index (χ1) is 7.68. The minimum Gasteiger partial charge on any atom is -0.507 e. The summed E-state index contributed by atoms with van der Waals surface area (Å²) in [6.45, 7) is 1.61. The standard InChI is InChI=1S/C12H16BrNO2/c13-10-7-9(1-2-11(10)15)12(14)8-3-5-16-6-4-8/h1-2,7-8,12,15H,3-6,14H2/t12-/m1/s1. The van der Waals surface area contributed by atoms with Crippen molar-refractivity contribution in [1.82, 2.24) is 0 Å². The van der Waals surface area contributed by atoms with Gasteiger partial charge in [-0.05, 0) is 52.4 Å². The third kappa shape index (κ3) is 2.56. The molecule has 0 aromatic heterocycles. The van der Waals surface area contributed by atoms with Gasteiger partial charge in [0.15, 0.2) is 0 Å². The lowest BCUT2D eigenvalue weighted by Gasteiger charge is -2.28. The van der Waals surface area contributed by atoms with E-state index < -0.39 is 0 Å². The molecule has 1 aliphatic heterocycles. The van der Waals surface area contributed by atoms with E-state index in [4.69, 9.17) is 10.5 Å². The summed E-state index contributed by atoms with van der Waals surface area (Å²) in [6.07, 6.45) is 2.03. The van der Waals surface area contributed by atoms with Crippen molar-refractivity contribution in [1.29, 1.82) is 0 Å². The van der Waals surface area contributed by atoms with Gasteiger partial charge in [-0.2, -0.15) is 0 Å². The summed E-state index contributed by atoms with van der Waals surface area (Å²) in [5.74, 6) is 0.730. The molecule has 1 aromatic rings. The molecule has 88 valence electrons. The first-order valence-corrected chi connectivity index (χ1v) is 6.29. The number of aromatic hydroxyl groups is 1. The zero-order chi connectivity index (χ0) is 11.5. The molecule has 3 N–H and O–H groups in total. The van der Waals surface area contributed by atoms with Crippen LogP contribution in [0.25, 0.3) is 0 Å². The van der Waals surface area contributed by atoms with E-state index in [2.05, 4.69) is 15.9 Å². The summed E-state index contributed by atoms with van der Waals surface area (Å²) in [5.41, 5.74) is 7.30. The second-order valence-corrected chi connectivity index (χ2v) is 5.04. The van der Waals surface area contributed by atoms with E-state index in [1.807, 2.05) is 12.1 Å². The third-order valence-electron chi connectivity index (χ3n) is 3.13. The molecule has 1 fully saturated rings. The monoisotopic (exact) mass is 285 g/mol. The van der Waals surface area contributed by atoms with Crippen LogP contribution in [0.3, 0.4) is 0 Å². The minimum atomic E-state index is 0.0285. The Morgan fingerprint density at radius 2 is 2.06 bits per heavy atom. The van der Waals surface area contributed by atoms with Crippen LogP contribution in [0, 0.1) is 5.92 Å². The molecule has 1 aromatic carbocycles. The SMILES string of the molecule is N[C@@H](c1ccc(O)c(Br)c1)C1CCOCC1. The predicted molar refractivity (Wildman–Crippen MR) is 66.3 cm³/mol. The van der Waals surface area contributed by atoms with Crippen molar-refractivity contribution in [3.05, 3.63) is 28.2 Å². The van der Waals surface area contributed by atoms with Crippen LogP contribution in [-0.4, -0.2) is 18.3 Å². The molecule has 0 bridgehead atoms. The molecule has 16 heavy (non-hydrogen) atoms. The van der Waals surface area contributed by atoms with Crippen molar-refractivity contribution in [2.45, 2.75) is 18.9 Å². The van der Waals surface area contributed by atoms with Gasteiger partial charge in [0, 0.05) is 19.3 Å². The third-order valence-corrected chi connectivity index (χ3v) is 3.77. The molecule has 1 aliphatic rings. The Bertz CT molecular complexity index is 364. The van der Waals surface area contributed by atoms with Crippen LogP contribution >= 0.6 is 15.9 Å². The zero-order valence-corrected chi connectivity index (χ0v) is 10.6. The summed E-state index contributed by atoms with van der Waals surface area (Å²) in [4.78, 5) is 0. The molecular weight excluding hydrogens is 270 g/mol. The second-order valence-electron chi connectivity index (χ2n) is 4.19. The number of hydrogen-bond acceptors (Lipinski definition) is 3. The average Bonchev–Trinajstić information content (AvgIpc) is 2.33. The van der Waals surface area contributed by atoms with Gasteiger partial charge in [0.1, 0.15) is 5.75 Å². The lowest BCUT2D eigenvalue weighted by molar-refractivity contribution is 0.0583. The fourth-order valence-corrected chi connectivity index (χ4v) is 2.47. The van der Waals surface area contributed by atoms with Gasteiger partial charge in [-0.15, -0.1) is 0 Å². The van der Waals surface area contributed by atoms with Crippen LogP contribution in [0.15, 0.2) is 22.7 Å². The van der Waals surface area contributed by atoms with Crippen molar-refractivity contribution < 1.29 is 9.84 Å². The highest BCUT2D eigenvalue weighted by atomic mass is 79.9. The maximum Gasteiger partial charge on any atom is 0.129 e. The molecular formula is C12H16BrNO2. The Hall–Kier alpha value is -0.580. The van der Waals surface area contributed by atoms with Crippen molar-refractivity contribution in [2.24, 2.45) is 11.7 Å². The molecule has 3 nitrogen and oxygen atoms in total. The molecule has 0 aliphatic carbocycles. The van der Waals surface area contributed by atoms with E-state index in [0.717, 1.165) is 31.6 Å². The number of nitrogens with two attached hydrogens (primary N) is 1. The number of hydrogen-bond donors (Lipinski definition) is 2. The van der Waals surface area contributed by atoms with Crippen molar-refractivity contribution in [2.75, 3.05) is 13.2 Å². The zero-order valence-electron chi connectivity index (χ0n) is 9.03. The average molecular weight is 286 g/mol. The van der Waals surface area contributed by atoms with E-state index in [9.17, 15) is 5.11 Å². The van der Waals surface area contributed by atoms with Gasteiger partial charge >= 0.3 is 0 Å². The van der Waals surface area contributed by atoms with Gasteiger partial charge in [-0.25, -0.2) is 0 Å². The van der Waals surface area contributed by atoms with Gasteiger partial charge in [-0.3, -0.25) is 0 Å². The van der Waals surface area contributed by atoms with Crippen LogP contribution in [0.4, 0.5) is 0 Å². The van der Waals surface area contributed by atoms with E-state index in [0.29, 0.717) is 10.4 Å². The van der Waals surface area contributed by atoms with Gasteiger partial charge in [-0.1, -0.05) is 6.07 Å². The number of phenols is 1. The number of phenolic OH excluding ortho intramolecular Hbond substituents is 1. The molecule has 4 heteroatoms. The van der Waals surface area contributed by atoms with Crippen molar-refractivity contribution in [3.63, 3.8) is 0 Å². The van der Waals surface area contributed by atoms with Crippen LogP contribution in [0.5, 0.6) is 5.75 Å². The number of ether oxygens (including phenoxy) is 1. The summed E-state index contributed by atoms with van der Waals surface area (Å²) in [7, 11) is 0. The van der Waals surface area contributed by atoms with E-state index >= 15 is 0 Å². The van der Waals surface area contributed by atoms with Gasteiger partial charge in [0.25, 0.3) is 0 Å². The highest BCUT2D eigenvalue weighted by molar-refractivity contribution is 9.10. The summed E-state index contributed by atoms with van der Waals surface area (Å²) < 4.78 is 6.03. The van der Waals surface area contributed by atoms with Crippen molar-refractivity contribution in [3.8, 4) is 5.75 Å². The highest BCUT2D eigenvalue weighted by Crippen LogP contribution is 2.32. The van der Waals surface area contributed by atoms with E-state index in [-0.39, 0.29) is 11.8 Å². The Labute approximate surface area is 104 Å². The van der Waals surface area contributed by atoms with E-state index in [1.54, 1.807) is 6.07 Å². The van der Waals surface area contributed by atoms with Gasteiger partial charge in [0.05, 0.1) is 4.47 Å². The Kier molecular flexibility index (Phi) is 3.84. The topological polar surface area (TPSA) is 55.5 Å². The Balaban J connectivity index is 2.12.